The van der Waals surface area contributed by atoms with Crippen LogP contribution in [-0.2, 0) is 6.42 Å². The largest absolute Gasteiger partial charge is 0.322 e. The van der Waals surface area contributed by atoms with Crippen molar-refractivity contribution in [2.24, 2.45) is 0 Å². The van der Waals surface area contributed by atoms with E-state index in [9.17, 15) is 4.79 Å². The molecule has 2 heteroatoms. The topological polar surface area (TPSA) is 29.1 Å². The summed E-state index contributed by atoms with van der Waals surface area (Å²) in [6, 6.07) is 23.9. The van der Waals surface area contributed by atoms with Crippen LogP contribution >= 0.6 is 0 Å². The first-order valence-corrected chi connectivity index (χ1v) is 8.14. The summed E-state index contributed by atoms with van der Waals surface area (Å²) in [5.41, 5.74) is 6.30. The molecule has 0 radical (unpaired) electrons. The monoisotopic (exact) mass is 315 g/mol. The Morgan fingerprint density at radius 1 is 0.875 bits per heavy atom. The maximum atomic E-state index is 12.5. The molecule has 0 aliphatic carbocycles. The number of rotatable bonds is 4. The highest BCUT2D eigenvalue weighted by molar-refractivity contribution is 6.04. The van der Waals surface area contributed by atoms with Crippen LogP contribution in [0, 0.1) is 13.8 Å². The zero-order valence-corrected chi connectivity index (χ0v) is 14.0. The number of anilines is 1. The molecule has 0 aromatic heterocycles. The van der Waals surface area contributed by atoms with Crippen molar-refractivity contribution < 1.29 is 4.79 Å². The highest BCUT2D eigenvalue weighted by Crippen LogP contribution is 2.25. The molecule has 0 saturated heterocycles. The van der Waals surface area contributed by atoms with E-state index in [2.05, 4.69) is 37.4 Å². The fourth-order valence-electron chi connectivity index (χ4n) is 2.93. The summed E-state index contributed by atoms with van der Waals surface area (Å²) in [5.74, 6) is -0.0742. The Hall–Kier alpha value is -2.87. The van der Waals surface area contributed by atoms with Gasteiger partial charge in [0.25, 0.3) is 5.91 Å². The average Bonchev–Trinajstić information content (AvgIpc) is 2.59. The first-order valence-electron chi connectivity index (χ1n) is 8.14. The molecule has 0 bridgehead atoms. The Labute approximate surface area is 143 Å². The fraction of sp³-hybridized carbons (Fsp3) is 0.136. The summed E-state index contributed by atoms with van der Waals surface area (Å²) in [6.45, 7) is 4.15. The summed E-state index contributed by atoms with van der Waals surface area (Å²) in [5, 5.41) is 3.09. The van der Waals surface area contributed by atoms with Gasteiger partial charge in [0.15, 0.2) is 0 Å². The van der Waals surface area contributed by atoms with Gasteiger partial charge >= 0.3 is 0 Å². The molecule has 120 valence electrons. The molecule has 0 unspecified atom stereocenters. The Bertz CT molecular complexity index is 839. The molecule has 1 N–H and O–H groups in total. The summed E-state index contributed by atoms with van der Waals surface area (Å²) in [6.07, 6.45) is 0.803. The number of aryl methyl sites for hydroxylation is 2. The maximum Gasteiger partial charge on any atom is 0.255 e. The SMILES string of the molecule is Cc1cc(C)c(Cc2ccccc2)c(NC(=O)c2ccccc2)c1. The van der Waals surface area contributed by atoms with Gasteiger partial charge in [0.2, 0.25) is 0 Å². The summed E-state index contributed by atoms with van der Waals surface area (Å²) in [7, 11) is 0. The van der Waals surface area contributed by atoms with Gasteiger partial charge in [0.05, 0.1) is 0 Å². The number of benzene rings is 3. The van der Waals surface area contributed by atoms with Gasteiger partial charge in [-0.05, 0) is 60.7 Å². The average molecular weight is 315 g/mol. The van der Waals surface area contributed by atoms with E-state index in [1.165, 1.54) is 11.1 Å². The second-order valence-electron chi connectivity index (χ2n) is 6.09. The fourth-order valence-corrected chi connectivity index (χ4v) is 2.93. The van der Waals surface area contributed by atoms with E-state index in [1.807, 2.05) is 54.6 Å². The first-order chi connectivity index (χ1) is 11.6. The van der Waals surface area contributed by atoms with Crippen molar-refractivity contribution in [1.82, 2.24) is 0 Å². The molecule has 0 heterocycles. The van der Waals surface area contributed by atoms with Crippen LogP contribution < -0.4 is 5.32 Å². The molecule has 0 aliphatic rings. The molecular formula is C22H21NO. The van der Waals surface area contributed by atoms with Gasteiger partial charge in [-0.1, -0.05) is 54.6 Å². The van der Waals surface area contributed by atoms with Crippen molar-refractivity contribution in [3.8, 4) is 0 Å². The Balaban J connectivity index is 1.93. The zero-order valence-electron chi connectivity index (χ0n) is 14.0. The van der Waals surface area contributed by atoms with Crippen LogP contribution in [0.1, 0.15) is 32.6 Å². The normalized spacial score (nSPS) is 10.4. The summed E-state index contributed by atoms with van der Waals surface area (Å²) in [4.78, 5) is 12.5. The van der Waals surface area contributed by atoms with E-state index in [4.69, 9.17) is 0 Å². The smallest absolute Gasteiger partial charge is 0.255 e. The van der Waals surface area contributed by atoms with Crippen molar-refractivity contribution >= 4 is 11.6 Å². The summed E-state index contributed by atoms with van der Waals surface area (Å²) >= 11 is 0. The van der Waals surface area contributed by atoms with Crippen molar-refractivity contribution in [1.29, 1.82) is 0 Å². The lowest BCUT2D eigenvalue weighted by Gasteiger charge is -2.15. The van der Waals surface area contributed by atoms with Crippen LogP contribution in [0.15, 0.2) is 72.8 Å². The molecule has 3 aromatic carbocycles. The molecule has 24 heavy (non-hydrogen) atoms. The number of hydrogen-bond donors (Lipinski definition) is 1. The quantitative estimate of drug-likeness (QED) is 0.709. The van der Waals surface area contributed by atoms with Crippen molar-refractivity contribution in [3.05, 3.63) is 101 Å². The molecule has 0 aliphatic heterocycles. The van der Waals surface area contributed by atoms with E-state index >= 15 is 0 Å². The van der Waals surface area contributed by atoms with Crippen LogP contribution in [0.5, 0.6) is 0 Å². The van der Waals surface area contributed by atoms with E-state index in [-0.39, 0.29) is 5.91 Å². The number of carbonyl (C=O) groups is 1. The molecule has 0 spiro atoms. The van der Waals surface area contributed by atoms with Gasteiger partial charge in [-0.25, -0.2) is 0 Å². The molecule has 2 nitrogen and oxygen atoms in total. The van der Waals surface area contributed by atoms with Gasteiger partial charge in [0, 0.05) is 11.3 Å². The zero-order chi connectivity index (χ0) is 16.9. The van der Waals surface area contributed by atoms with E-state index in [1.54, 1.807) is 0 Å². The van der Waals surface area contributed by atoms with Gasteiger partial charge < -0.3 is 5.32 Å². The van der Waals surface area contributed by atoms with E-state index in [0.717, 1.165) is 23.2 Å². The molecule has 0 atom stereocenters. The van der Waals surface area contributed by atoms with Crippen molar-refractivity contribution in [2.45, 2.75) is 20.3 Å². The van der Waals surface area contributed by atoms with Crippen LogP contribution in [0.4, 0.5) is 5.69 Å². The van der Waals surface area contributed by atoms with Gasteiger partial charge in [-0.15, -0.1) is 0 Å². The maximum absolute atomic E-state index is 12.5. The molecule has 0 fully saturated rings. The van der Waals surface area contributed by atoms with E-state index < -0.39 is 0 Å². The predicted molar refractivity (Wildman–Crippen MR) is 99.6 cm³/mol. The highest BCUT2D eigenvalue weighted by Gasteiger charge is 2.12. The third-order valence-corrected chi connectivity index (χ3v) is 4.13. The number of nitrogens with one attached hydrogen (secondary N) is 1. The lowest BCUT2D eigenvalue weighted by molar-refractivity contribution is 0.102. The standard InChI is InChI=1S/C22H21NO/c1-16-13-17(2)20(15-18-9-5-3-6-10-18)21(14-16)23-22(24)19-11-7-4-8-12-19/h3-14H,15H2,1-2H3,(H,23,24). The third-order valence-electron chi connectivity index (χ3n) is 4.13. The van der Waals surface area contributed by atoms with Crippen LogP contribution in [0.3, 0.4) is 0 Å². The molecule has 3 rings (SSSR count). The van der Waals surface area contributed by atoms with E-state index in [0.29, 0.717) is 5.56 Å². The number of amides is 1. The minimum absolute atomic E-state index is 0.0742. The predicted octanol–water partition coefficient (Wildman–Crippen LogP) is 5.15. The van der Waals surface area contributed by atoms with Gasteiger partial charge in [-0.3, -0.25) is 4.79 Å². The Morgan fingerprint density at radius 3 is 2.17 bits per heavy atom. The molecule has 1 amide bonds. The van der Waals surface area contributed by atoms with Crippen LogP contribution in [0.25, 0.3) is 0 Å². The third kappa shape index (κ3) is 3.72. The second-order valence-corrected chi connectivity index (χ2v) is 6.09. The van der Waals surface area contributed by atoms with Crippen molar-refractivity contribution in [2.75, 3.05) is 5.32 Å². The molecule has 0 saturated carbocycles. The Kier molecular flexibility index (Phi) is 4.76. The first kappa shape index (κ1) is 16.0. The van der Waals surface area contributed by atoms with Gasteiger partial charge in [0.1, 0.15) is 0 Å². The molecule has 3 aromatic rings. The second kappa shape index (κ2) is 7.14. The molecular weight excluding hydrogens is 294 g/mol. The minimum atomic E-state index is -0.0742. The lowest BCUT2D eigenvalue weighted by Crippen LogP contribution is -2.14. The lowest BCUT2D eigenvalue weighted by atomic mass is 9.96. The van der Waals surface area contributed by atoms with Crippen LogP contribution in [0.2, 0.25) is 0 Å². The minimum Gasteiger partial charge on any atom is -0.322 e. The van der Waals surface area contributed by atoms with Crippen molar-refractivity contribution in [3.63, 3.8) is 0 Å². The van der Waals surface area contributed by atoms with Crippen LogP contribution in [-0.4, -0.2) is 5.91 Å². The number of carbonyl (C=O) groups excluding carboxylic acids is 1. The Morgan fingerprint density at radius 2 is 1.50 bits per heavy atom. The summed E-state index contributed by atoms with van der Waals surface area (Å²) < 4.78 is 0. The highest BCUT2D eigenvalue weighted by atomic mass is 16.1. The van der Waals surface area contributed by atoms with Gasteiger partial charge in [-0.2, -0.15) is 0 Å². The number of hydrogen-bond acceptors (Lipinski definition) is 1.